The maximum atomic E-state index is 13.3. The fourth-order valence-electron chi connectivity index (χ4n) is 3.19. The van der Waals surface area contributed by atoms with Crippen LogP contribution in [0.3, 0.4) is 0 Å². The minimum absolute atomic E-state index is 0.191. The summed E-state index contributed by atoms with van der Waals surface area (Å²) < 4.78 is 29.1. The fourth-order valence-corrected chi connectivity index (χ4v) is 4.33. The first-order chi connectivity index (χ1) is 13.4. The summed E-state index contributed by atoms with van der Waals surface area (Å²) in [6.45, 7) is 3.93. The van der Waals surface area contributed by atoms with Crippen molar-refractivity contribution in [1.82, 2.24) is 9.13 Å². The topological polar surface area (TPSA) is 44.0 Å². The minimum atomic E-state index is -0.519. The van der Waals surface area contributed by atoms with Crippen molar-refractivity contribution in [3.63, 3.8) is 0 Å². The lowest BCUT2D eigenvalue weighted by molar-refractivity contribution is 0.624. The molecule has 2 heterocycles. The molecular formula is C21H16F2N2O2S. The standard InChI is InChI=1S/C21H16F2N2O2S/c1-12-13(2)28-20-18(12)19(26)25(17-9-7-16(23)8-10-17)21(27)24(20)11-14-3-5-15(22)6-4-14/h3-10H,11H2,1-2H3. The van der Waals surface area contributed by atoms with Crippen molar-refractivity contribution in [1.29, 1.82) is 0 Å². The Labute approximate surface area is 162 Å². The molecule has 0 aliphatic heterocycles. The van der Waals surface area contributed by atoms with Gasteiger partial charge in [-0.25, -0.2) is 18.1 Å². The Morgan fingerprint density at radius 3 is 2.07 bits per heavy atom. The Kier molecular flexibility index (Phi) is 4.47. The number of rotatable bonds is 3. The molecule has 4 aromatic rings. The zero-order valence-corrected chi connectivity index (χ0v) is 16.0. The Morgan fingerprint density at radius 1 is 0.893 bits per heavy atom. The molecule has 0 aliphatic rings. The van der Waals surface area contributed by atoms with Gasteiger partial charge in [-0.1, -0.05) is 12.1 Å². The second-order valence-corrected chi connectivity index (χ2v) is 7.78. The van der Waals surface area contributed by atoms with Crippen molar-refractivity contribution in [2.45, 2.75) is 20.4 Å². The Hall–Kier alpha value is -3.06. The van der Waals surface area contributed by atoms with Crippen molar-refractivity contribution >= 4 is 21.6 Å². The normalized spacial score (nSPS) is 11.3. The number of halogens is 2. The van der Waals surface area contributed by atoms with E-state index in [4.69, 9.17) is 0 Å². The van der Waals surface area contributed by atoms with Crippen LogP contribution in [-0.4, -0.2) is 9.13 Å². The van der Waals surface area contributed by atoms with E-state index in [2.05, 4.69) is 0 Å². The summed E-state index contributed by atoms with van der Waals surface area (Å²) in [5.41, 5.74) is 0.902. The van der Waals surface area contributed by atoms with Crippen LogP contribution >= 0.6 is 11.3 Å². The molecule has 4 nitrogen and oxygen atoms in total. The lowest BCUT2D eigenvalue weighted by atomic mass is 10.2. The van der Waals surface area contributed by atoms with Crippen LogP contribution in [0.1, 0.15) is 16.0 Å². The van der Waals surface area contributed by atoms with Gasteiger partial charge in [0.1, 0.15) is 16.5 Å². The molecule has 28 heavy (non-hydrogen) atoms. The summed E-state index contributed by atoms with van der Waals surface area (Å²) in [6, 6.07) is 11.1. The van der Waals surface area contributed by atoms with E-state index in [1.165, 1.54) is 52.3 Å². The first-order valence-electron chi connectivity index (χ1n) is 8.63. The summed E-state index contributed by atoms with van der Waals surface area (Å²) in [6.07, 6.45) is 0. The van der Waals surface area contributed by atoms with Crippen molar-refractivity contribution in [3.05, 3.63) is 97.0 Å². The molecule has 0 N–H and O–H groups in total. The van der Waals surface area contributed by atoms with Gasteiger partial charge in [0.15, 0.2) is 0 Å². The Bertz CT molecular complexity index is 1300. The average Bonchev–Trinajstić information content (AvgIpc) is 2.97. The summed E-state index contributed by atoms with van der Waals surface area (Å²) in [5, 5.41) is 0.466. The Balaban J connectivity index is 2.04. The van der Waals surface area contributed by atoms with Crippen LogP contribution in [0.5, 0.6) is 0 Å². The van der Waals surface area contributed by atoms with Crippen LogP contribution in [0, 0.1) is 25.5 Å². The maximum absolute atomic E-state index is 13.3. The number of nitrogens with zero attached hydrogens (tertiary/aromatic N) is 2. The van der Waals surface area contributed by atoms with Crippen LogP contribution in [0.4, 0.5) is 8.78 Å². The third-order valence-corrected chi connectivity index (χ3v) is 6.02. The van der Waals surface area contributed by atoms with Crippen LogP contribution in [0.25, 0.3) is 15.9 Å². The van der Waals surface area contributed by atoms with Gasteiger partial charge < -0.3 is 0 Å². The summed E-state index contributed by atoms with van der Waals surface area (Å²) in [4.78, 5) is 27.9. The highest BCUT2D eigenvalue weighted by molar-refractivity contribution is 7.18. The van der Waals surface area contributed by atoms with Gasteiger partial charge in [0.2, 0.25) is 0 Å². The lowest BCUT2D eigenvalue weighted by Crippen LogP contribution is -2.38. The van der Waals surface area contributed by atoms with Gasteiger partial charge in [-0.15, -0.1) is 11.3 Å². The van der Waals surface area contributed by atoms with E-state index in [0.29, 0.717) is 15.9 Å². The molecule has 0 saturated carbocycles. The monoisotopic (exact) mass is 398 g/mol. The predicted molar refractivity (Wildman–Crippen MR) is 107 cm³/mol. The number of hydrogen-bond donors (Lipinski definition) is 0. The molecule has 2 aromatic heterocycles. The molecule has 0 radical (unpaired) electrons. The molecule has 0 saturated heterocycles. The molecule has 0 fully saturated rings. The van der Waals surface area contributed by atoms with Crippen molar-refractivity contribution in [2.75, 3.05) is 0 Å². The van der Waals surface area contributed by atoms with Crippen LogP contribution in [0.2, 0.25) is 0 Å². The zero-order valence-electron chi connectivity index (χ0n) is 15.2. The summed E-state index contributed by atoms with van der Waals surface area (Å²) in [7, 11) is 0. The predicted octanol–water partition coefficient (Wildman–Crippen LogP) is 4.16. The van der Waals surface area contributed by atoms with E-state index in [0.717, 1.165) is 20.6 Å². The number of hydrogen-bond acceptors (Lipinski definition) is 3. The van der Waals surface area contributed by atoms with Gasteiger partial charge in [0, 0.05) is 4.88 Å². The van der Waals surface area contributed by atoms with Crippen LogP contribution in [-0.2, 0) is 6.54 Å². The molecule has 2 aromatic carbocycles. The van der Waals surface area contributed by atoms with E-state index in [1.54, 1.807) is 12.1 Å². The number of thiophene rings is 1. The van der Waals surface area contributed by atoms with E-state index in [9.17, 15) is 18.4 Å². The largest absolute Gasteiger partial charge is 0.337 e. The quantitative estimate of drug-likeness (QED) is 0.520. The number of benzene rings is 2. The van der Waals surface area contributed by atoms with E-state index < -0.39 is 17.1 Å². The smallest absolute Gasteiger partial charge is 0.280 e. The SMILES string of the molecule is Cc1sc2c(c1C)c(=O)n(-c1ccc(F)cc1)c(=O)n2Cc1ccc(F)cc1. The molecule has 0 atom stereocenters. The molecule has 0 unspecified atom stereocenters. The molecular weight excluding hydrogens is 382 g/mol. The van der Waals surface area contributed by atoms with E-state index in [1.807, 2.05) is 13.8 Å². The third kappa shape index (κ3) is 2.97. The van der Waals surface area contributed by atoms with E-state index in [-0.39, 0.29) is 12.4 Å². The van der Waals surface area contributed by atoms with Crippen molar-refractivity contribution < 1.29 is 8.78 Å². The van der Waals surface area contributed by atoms with Crippen molar-refractivity contribution in [2.24, 2.45) is 0 Å². The van der Waals surface area contributed by atoms with Gasteiger partial charge in [-0.05, 0) is 61.4 Å². The lowest BCUT2D eigenvalue weighted by Gasteiger charge is -2.12. The fraction of sp³-hybridized carbons (Fsp3) is 0.143. The molecule has 0 bridgehead atoms. The van der Waals surface area contributed by atoms with Crippen LogP contribution < -0.4 is 11.2 Å². The summed E-state index contributed by atoms with van der Waals surface area (Å²) >= 11 is 1.38. The molecule has 0 aliphatic carbocycles. The van der Waals surface area contributed by atoms with Gasteiger partial charge in [0.25, 0.3) is 5.56 Å². The highest BCUT2D eigenvalue weighted by Gasteiger charge is 2.19. The van der Waals surface area contributed by atoms with Gasteiger partial charge in [-0.3, -0.25) is 9.36 Å². The van der Waals surface area contributed by atoms with E-state index >= 15 is 0 Å². The molecule has 0 spiro atoms. The minimum Gasteiger partial charge on any atom is -0.280 e. The third-order valence-electron chi connectivity index (χ3n) is 4.79. The first-order valence-corrected chi connectivity index (χ1v) is 9.44. The first kappa shape index (κ1) is 18.3. The molecule has 0 amide bonds. The average molecular weight is 398 g/mol. The van der Waals surface area contributed by atoms with Crippen LogP contribution in [0.15, 0.2) is 58.1 Å². The highest BCUT2D eigenvalue weighted by atomic mass is 32.1. The molecule has 7 heteroatoms. The Morgan fingerprint density at radius 2 is 1.46 bits per heavy atom. The van der Waals surface area contributed by atoms with Gasteiger partial charge in [-0.2, -0.15) is 0 Å². The second-order valence-electron chi connectivity index (χ2n) is 6.58. The zero-order chi connectivity index (χ0) is 20.0. The van der Waals surface area contributed by atoms with Gasteiger partial charge >= 0.3 is 5.69 Å². The molecule has 142 valence electrons. The number of aryl methyl sites for hydroxylation is 2. The second kappa shape index (κ2) is 6.83. The highest BCUT2D eigenvalue weighted by Crippen LogP contribution is 2.27. The molecule has 4 rings (SSSR count). The number of aromatic nitrogens is 2. The number of fused-ring (bicyclic) bond motifs is 1. The maximum Gasteiger partial charge on any atom is 0.337 e. The van der Waals surface area contributed by atoms with Gasteiger partial charge in [0.05, 0.1) is 17.6 Å². The van der Waals surface area contributed by atoms with Crippen molar-refractivity contribution in [3.8, 4) is 5.69 Å². The summed E-state index contributed by atoms with van der Waals surface area (Å²) in [5.74, 6) is -0.813.